The predicted molar refractivity (Wildman–Crippen MR) is 74.2 cm³/mol. The molecule has 0 aliphatic heterocycles. The molecular formula is C14H17NO3S. The number of nitrogens with one attached hydrogen (secondary N) is 1. The van der Waals surface area contributed by atoms with Crippen LogP contribution < -0.4 is 4.72 Å². The van der Waals surface area contributed by atoms with Gasteiger partial charge in [0.25, 0.3) is 0 Å². The second kappa shape index (κ2) is 6.04. The number of hydrogen-bond donors (Lipinski definition) is 1. The third-order valence-electron chi connectivity index (χ3n) is 2.77. The Bertz CT molecular complexity index is 618. The maximum Gasteiger partial charge on any atom is 0.240 e. The third-order valence-corrected chi connectivity index (χ3v) is 4.23. The molecule has 0 unspecified atom stereocenters. The van der Waals surface area contributed by atoms with Gasteiger partial charge in [0.05, 0.1) is 11.2 Å². The topological polar surface area (TPSA) is 59.3 Å². The van der Waals surface area contributed by atoms with E-state index in [2.05, 4.69) is 4.72 Å². The number of unbranched alkanes of at least 4 members (excludes halogenated alkanes) is 1. The van der Waals surface area contributed by atoms with Crippen LogP contribution in [0.2, 0.25) is 0 Å². The molecule has 0 bridgehead atoms. The number of furan rings is 1. The Balaban J connectivity index is 2.23. The van der Waals surface area contributed by atoms with E-state index >= 15 is 0 Å². The normalized spacial score (nSPS) is 11.6. The van der Waals surface area contributed by atoms with Crippen molar-refractivity contribution in [3.63, 3.8) is 0 Å². The van der Waals surface area contributed by atoms with E-state index in [1.807, 2.05) is 13.0 Å². The smallest absolute Gasteiger partial charge is 0.240 e. The van der Waals surface area contributed by atoms with Crippen LogP contribution in [-0.4, -0.2) is 15.0 Å². The van der Waals surface area contributed by atoms with E-state index in [1.165, 1.54) is 0 Å². The molecule has 0 amide bonds. The first-order valence-corrected chi connectivity index (χ1v) is 7.75. The van der Waals surface area contributed by atoms with E-state index in [1.54, 1.807) is 36.6 Å². The summed E-state index contributed by atoms with van der Waals surface area (Å²) >= 11 is 0. The van der Waals surface area contributed by atoms with E-state index in [0.29, 0.717) is 12.3 Å². The Labute approximate surface area is 113 Å². The number of sulfonamides is 1. The van der Waals surface area contributed by atoms with E-state index in [4.69, 9.17) is 4.42 Å². The highest BCUT2D eigenvalue weighted by Gasteiger charge is 2.14. The van der Waals surface area contributed by atoms with Gasteiger partial charge in [-0.2, -0.15) is 0 Å². The highest BCUT2D eigenvalue weighted by molar-refractivity contribution is 7.89. The van der Waals surface area contributed by atoms with Gasteiger partial charge in [-0.05, 0) is 30.7 Å². The van der Waals surface area contributed by atoms with Crippen molar-refractivity contribution in [1.82, 2.24) is 4.72 Å². The first-order valence-electron chi connectivity index (χ1n) is 6.27. The van der Waals surface area contributed by atoms with Gasteiger partial charge in [0, 0.05) is 12.1 Å². The molecule has 0 atom stereocenters. The van der Waals surface area contributed by atoms with Crippen LogP contribution in [0.15, 0.2) is 52.0 Å². The highest BCUT2D eigenvalue weighted by Crippen LogP contribution is 2.22. The van der Waals surface area contributed by atoms with Crippen LogP contribution in [0.3, 0.4) is 0 Å². The zero-order valence-corrected chi connectivity index (χ0v) is 11.6. The molecule has 0 fully saturated rings. The molecule has 5 heteroatoms. The van der Waals surface area contributed by atoms with Gasteiger partial charge >= 0.3 is 0 Å². The van der Waals surface area contributed by atoms with E-state index in [0.717, 1.165) is 18.4 Å². The summed E-state index contributed by atoms with van der Waals surface area (Å²) in [5.74, 6) is 0.658. The fourth-order valence-corrected chi connectivity index (χ4v) is 2.85. The Hall–Kier alpha value is -1.59. The summed E-state index contributed by atoms with van der Waals surface area (Å²) in [6.07, 6.45) is 3.35. The summed E-state index contributed by atoms with van der Waals surface area (Å²) in [6, 6.07) is 10.3. The van der Waals surface area contributed by atoms with Gasteiger partial charge in [-0.25, -0.2) is 13.1 Å². The molecule has 0 saturated heterocycles. The maximum atomic E-state index is 12.1. The first kappa shape index (κ1) is 13.8. The fraction of sp³-hybridized carbons (Fsp3) is 0.286. The summed E-state index contributed by atoms with van der Waals surface area (Å²) in [5.41, 5.74) is 0.753. The summed E-state index contributed by atoms with van der Waals surface area (Å²) < 4.78 is 32.0. The number of benzene rings is 1. The summed E-state index contributed by atoms with van der Waals surface area (Å²) in [7, 11) is -3.44. The summed E-state index contributed by atoms with van der Waals surface area (Å²) in [6.45, 7) is 2.48. The Kier molecular flexibility index (Phi) is 4.39. The molecule has 1 heterocycles. The van der Waals surface area contributed by atoms with Crippen LogP contribution in [0.1, 0.15) is 19.8 Å². The zero-order chi connectivity index (χ0) is 13.7. The molecular weight excluding hydrogens is 262 g/mol. The molecule has 102 valence electrons. The minimum absolute atomic E-state index is 0.262. The minimum atomic E-state index is -3.44. The lowest BCUT2D eigenvalue weighted by Gasteiger charge is -2.07. The van der Waals surface area contributed by atoms with Crippen LogP contribution in [-0.2, 0) is 10.0 Å². The van der Waals surface area contributed by atoms with Crippen molar-refractivity contribution in [1.29, 1.82) is 0 Å². The molecule has 1 aromatic carbocycles. The van der Waals surface area contributed by atoms with Gasteiger partial charge in [-0.1, -0.05) is 25.5 Å². The fourth-order valence-electron chi connectivity index (χ4n) is 1.73. The highest BCUT2D eigenvalue weighted by atomic mass is 32.2. The van der Waals surface area contributed by atoms with E-state index in [9.17, 15) is 8.42 Å². The first-order chi connectivity index (χ1) is 9.13. The van der Waals surface area contributed by atoms with Crippen molar-refractivity contribution in [3.8, 4) is 11.3 Å². The minimum Gasteiger partial charge on any atom is -0.464 e. The van der Waals surface area contributed by atoms with Crippen LogP contribution >= 0.6 is 0 Å². The van der Waals surface area contributed by atoms with Crippen molar-refractivity contribution >= 4 is 10.0 Å². The standard InChI is InChI=1S/C14H17NO3S/c1-2-3-9-15-19(16,17)13-7-4-6-12(11-13)14-8-5-10-18-14/h4-8,10-11,15H,2-3,9H2,1H3. The third kappa shape index (κ3) is 3.45. The lowest BCUT2D eigenvalue weighted by atomic mass is 10.2. The Morgan fingerprint density at radius 2 is 2.05 bits per heavy atom. The van der Waals surface area contributed by atoms with Gasteiger partial charge < -0.3 is 4.42 Å². The lowest BCUT2D eigenvalue weighted by Crippen LogP contribution is -2.24. The van der Waals surface area contributed by atoms with Gasteiger partial charge in [0.1, 0.15) is 5.76 Å². The van der Waals surface area contributed by atoms with Gasteiger partial charge in [0.15, 0.2) is 0 Å². The van der Waals surface area contributed by atoms with Crippen molar-refractivity contribution in [3.05, 3.63) is 42.7 Å². The lowest BCUT2D eigenvalue weighted by molar-refractivity contribution is 0.577. The van der Waals surface area contributed by atoms with Gasteiger partial charge in [-0.15, -0.1) is 0 Å². The van der Waals surface area contributed by atoms with Crippen molar-refractivity contribution < 1.29 is 12.8 Å². The van der Waals surface area contributed by atoms with Gasteiger partial charge in [-0.3, -0.25) is 0 Å². The molecule has 2 aromatic rings. The second-order valence-corrected chi connectivity index (χ2v) is 6.02. The number of rotatable bonds is 6. The van der Waals surface area contributed by atoms with E-state index in [-0.39, 0.29) is 4.90 Å². The maximum absolute atomic E-state index is 12.1. The van der Waals surface area contributed by atoms with Crippen molar-refractivity contribution in [2.24, 2.45) is 0 Å². The molecule has 1 N–H and O–H groups in total. The molecule has 0 spiro atoms. The molecule has 0 aliphatic rings. The Morgan fingerprint density at radius 3 is 2.74 bits per heavy atom. The molecule has 0 radical (unpaired) electrons. The zero-order valence-electron chi connectivity index (χ0n) is 10.8. The monoisotopic (exact) mass is 279 g/mol. The molecule has 0 saturated carbocycles. The van der Waals surface area contributed by atoms with Crippen LogP contribution in [0.4, 0.5) is 0 Å². The summed E-state index contributed by atoms with van der Waals surface area (Å²) in [4.78, 5) is 0.262. The second-order valence-electron chi connectivity index (χ2n) is 4.26. The van der Waals surface area contributed by atoms with Crippen LogP contribution in [0, 0.1) is 0 Å². The Morgan fingerprint density at radius 1 is 1.21 bits per heavy atom. The molecule has 2 rings (SSSR count). The molecule has 1 aromatic heterocycles. The SMILES string of the molecule is CCCCNS(=O)(=O)c1cccc(-c2ccco2)c1. The van der Waals surface area contributed by atoms with Crippen LogP contribution in [0.25, 0.3) is 11.3 Å². The number of hydrogen-bond acceptors (Lipinski definition) is 3. The van der Waals surface area contributed by atoms with Crippen molar-refractivity contribution in [2.75, 3.05) is 6.54 Å². The van der Waals surface area contributed by atoms with Crippen molar-refractivity contribution in [2.45, 2.75) is 24.7 Å². The summed E-state index contributed by atoms with van der Waals surface area (Å²) in [5, 5.41) is 0. The molecule has 0 aliphatic carbocycles. The molecule has 19 heavy (non-hydrogen) atoms. The largest absolute Gasteiger partial charge is 0.464 e. The van der Waals surface area contributed by atoms with Crippen LogP contribution in [0.5, 0.6) is 0 Å². The predicted octanol–water partition coefficient (Wildman–Crippen LogP) is 3.03. The average molecular weight is 279 g/mol. The molecule has 4 nitrogen and oxygen atoms in total. The quantitative estimate of drug-likeness (QED) is 0.827. The average Bonchev–Trinajstić information content (AvgIpc) is 2.93. The van der Waals surface area contributed by atoms with Gasteiger partial charge in [0.2, 0.25) is 10.0 Å². The van der Waals surface area contributed by atoms with E-state index < -0.39 is 10.0 Å².